The molecule has 0 atom stereocenters. The fourth-order valence-corrected chi connectivity index (χ4v) is 2.00. The number of nitrogens with one attached hydrogen (secondary N) is 2. The third-order valence-electron chi connectivity index (χ3n) is 3.25. The second kappa shape index (κ2) is 9.96. The van der Waals surface area contributed by atoms with Gasteiger partial charge in [-0.15, -0.1) is 24.0 Å². The van der Waals surface area contributed by atoms with Crippen LogP contribution >= 0.6 is 24.0 Å². The van der Waals surface area contributed by atoms with E-state index in [1.54, 1.807) is 12.1 Å². The Balaban J connectivity index is 0.00000288. The summed E-state index contributed by atoms with van der Waals surface area (Å²) in [6.45, 7) is 5.04. The summed E-state index contributed by atoms with van der Waals surface area (Å²) in [4.78, 5) is 15.8. The third-order valence-corrected chi connectivity index (χ3v) is 3.25. The molecule has 1 aromatic carbocycles. The molecular weight excluding hydrogens is 419 g/mol. The minimum Gasteiger partial charge on any atom is -0.459 e. The van der Waals surface area contributed by atoms with E-state index in [1.807, 2.05) is 18.2 Å². The molecule has 0 aliphatic rings. The first-order chi connectivity index (χ1) is 11.1. The lowest BCUT2D eigenvalue weighted by Gasteiger charge is -2.10. The number of nitrogens with zero attached hydrogens (tertiary/aromatic N) is 1. The van der Waals surface area contributed by atoms with Crippen LogP contribution in [-0.4, -0.2) is 25.0 Å². The van der Waals surface area contributed by atoms with Gasteiger partial charge in [0.2, 0.25) is 0 Å². The number of furan rings is 1. The molecule has 4 N–H and O–H groups in total. The number of carbonyl (C=O) groups excluding carboxylic acids is 1. The highest BCUT2D eigenvalue weighted by Gasteiger charge is 2.06. The van der Waals surface area contributed by atoms with Crippen molar-refractivity contribution < 1.29 is 9.21 Å². The van der Waals surface area contributed by atoms with E-state index < -0.39 is 0 Å². The molecular formula is C17H23IN4O2. The van der Waals surface area contributed by atoms with Crippen molar-refractivity contribution >= 4 is 41.5 Å². The summed E-state index contributed by atoms with van der Waals surface area (Å²) in [6, 6.07) is 11.3. The van der Waals surface area contributed by atoms with Crippen LogP contribution < -0.4 is 16.4 Å². The number of aliphatic imine (C=N–C) groups is 1. The Hall–Kier alpha value is -2.03. The Morgan fingerprint density at radius 3 is 2.75 bits per heavy atom. The molecule has 0 aliphatic heterocycles. The highest BCUT2D eigenvalue weighted by molar-refractivity contribution is 14.0. The van der Waals surface area contributed by atoms with Crippen LogP contribution in [-0.2, 0) is 0 Å². The summed E-state index contributed by atoms with van der Waals surface area (Å²) in [6.07, 6.45) is 1.46. The summed E-state index contributed by atoms with van der Waals surface area (Å²) < 4.78 is 5.00. The zero-order valence-corrected chi connectivity index (χ0v) is 16.1. The Morgan fingerprint density at radius 1 is 1.29 bits per heavy atom. The van der Waals surface area contributed by atoms with Gasteiger partial charge < -0.3 is 20.8 Å². The van der Waals surface area contributed by atoms with Gasteiger partial charge in [-0.25, -0.2) is 0 Å². The second-order valence-corrected chi connectivity index (χ2v) is 5.41. The number of nitrogens with two attached hydrogens (primary N) is 1. The normalized spacial score (nSPS) is 11.0. The fourth-order valence-electron chi connectivity index (χ4n) is 2.00. The lowest BCUT2D eigenvalue weighted by molar-refractivity contribution is 0.0927. The molecule has 0 unspecified atom stereocenters. The summed E-state index contributed by atoms with van der Waals surface area (Å²) >= 11 is 0. The Labute approximate surface area is 158 Å². The van der Waals surface area contributed by atoms with Crippen LogP contribution in [0.4, 0.5) is 5.69 Å². The molecule has 0 aliphatic carbocycles. The maximum atomic E-state index is 11.6. The van der Waals surface area contributed by atoms with Gasteiger partial charge in [0.15, 0.2) is 11.7 Å². The van der Waals surface area contributed by atoms with Crippen molar-refractivity contribution in [3.8, 4) is 0 Å². The molecule has 0 saturated carbocycles. The Kier molecular flexibility index (Phi) is 8.31. The molecule has 130 valence electrons. The van der Waals surface area contributed by atoms with Crippen molar-refractivity contribution in [2.45, 2.75) is 19.8 Å². The van der Waals surface area contributed by atoms with E-state index in [4.69, 9.17) is 10.2 Å². The van der Waals surface area contributed by atoms with Gasteiger partial charge in [-0.05, 0) is 35.7 Å². The van der Waals surface area contributed by atoms with Crippen molar-refractivity contribution in [2.24, 2.45) is 10.7 Å². The Bertz CT molecular complexity index is 669. The third kappa shape index (κ3) is 6.23. The number of amides is 1. The minimum atomic E-state index is -0.263. The van der Waals surface area contributed by atoms with Crippen molar-refractivity contribution in [1.29, 1.82) is 0 Å². The molecule has 0 fully saturated rings. The number of hydrogen-bond donors (Lipinski definition) is 3. The fraction of sp³-hybridized carbons (Fsp3) is 0.294. The van der Waals surface area contributed by atoms with Crippen molar-refractivity contribution in [3.05, 3.63) is 54.0 Å². The molecule has 1 aromatic heterocycles. The number of carbonyl (C=O) groups is 1. The molecule has 1 heterocycles. The molecule has 24 heavy (non-hydrogen) atoms. The van der Waals surface area contributed by atoms with E-state index in [2.05, 4.69) is 35.5 Å². The standard InChI is InChI=1S/C17H22N4O2.HI/c1-12(2)13-5-3-6-14(11-13)21-17(18)20-9-8-19-16(22)15-7-4-10-23-15;/h3-7,10-12H,8-9H2,1-2H3,(H,19,22)(H3,18,20,21);1H. The van der Waals surface area contributed by atoms with Crippen LogP contribution in [0.1, 0.15) is 35.9 Å². The number of hydrogen-bond acceptors (Lipinski definition) is 3. The van der Waals surface area contributed by atoms with E-state index in [1.165, 1.54) is 11.8 Å². The first kappa shape index (κ1) is 20.0. The van der Waals surface area contributed by atoms with Crippen LogP contribution in [0.5, 0.6) is 0 Å². The largest absolute Gasteiger partial charge is 0.459 e. The molecule has 0 radical (unpaired) electrons. The number of halogens is 1. The highest BCUT2D eigenvalue weighted by Crippen LogP contribution is 2.18. The molecule has 2 rings (SSSR count). The zero-order chi connectivity index (χ0) is 16.7. The van der Waals surface area contributed by atoms with E-state index in [9.17, 15) is 4.79 Å². The lowest BCUT2D eigenvalue weighted by atomic mass is 10.0. The van der Waals surface area contributed by atoms with Crippen LogP contribution in [0.2, 0.25) is 0 Å². The summed E-state index contributed by atoms with van der Waals surface area (Å²) in [5.41, 5.74) is 7.98. The molecule has 6 nitrogen and oxygen atoms in total. The van der Waals surface area contributed by atoms with Crippen LogP contribution in [0.25, 0.3) is 0 Å². The predicted octanol–water partition coefficient (Wildman–Crippen LogP) is 3.18. The molecule has 7 heteroatoms. The number of rotatable bonds is 6. The van der Waals surface area contributed by atoms with Crippen molar-refractivity contribution in [1.82, 2.24) is 5.32 Å². The quantitative estimate of drug-likeness (QED) is 0.277. The van der Waals surface area contributed by atoms with Crippen LogP contribution in [0.3, 0.4) is 0 Å². The summed E-state index contributed by atoms with van der Waals surface area (Å²) in [5, 5.41) is 5.75. The van der Waals surface area contributed by atoms with Crippen LogP contribution in [0.15, 0.2) is 52.1 Å². The number of benzene rings is 1. The minimum absolute atomic E-state index is 0. The zero-order valence-electron chi connectivity index (χ0n) is 13.8. The van der Waals surface area contributed by atoms with Gasteiger partial charge in [-0.2, -0.15) is 0 Å². The van der Waals surface area contributed by atoms with Gasteiger partial charge in [0, 0.05) is 12.2 Å². The SMILES string of the molecule is CC(C)c1cccc(NC(N)=NCCNC(=O)c2ccco2)c1.I. The first-order valence-electron chi connectivity index (χ1n) is 7.55. The van der Waals surface area contributed by atoms with Gasteiger partial charge in [0.1, 0.15) is 0 Å². The number of guanidine groups is 1. The first-order valence-corrected chi connectivity index (χ1v) is 7.55. The molecule has 1 amide bonds. The average molecular weight is 442 g/mol. The van der Waals surface area contributed by atoms with E-state index >= 15 is 0 Å². The van der Waals surface area contributed by atoms with Gasteiger partial charge in [-0.1, -0.05) is 26.0 Å². The van der Waals surface area contributed by atoms with E-state index in [-0.39, 0.29) is 35.6 Å². The van der Waals surface area contributed by atoms with Crippen molar-refractivity contribution in [3.63, 3.8) is 0 Å². The van der Waals surface area contributed by atoms with Gasteiger partial charge in [-0.3, -0.25) is 9.79 Å². The van der Waals surface area contributed by atoms with Gasteiger partial charge >= 0.3 is 0 Å². The molecule has 0 bridgehead atoms. The second-order valence-electron chi connectivity index (χ2n) is 5.41. The topological polar surface area (TPSA) is 92.6 Å². The lowest BCUT2D eigenvalue weighted by Crippen LogP contribution is -2.28. The maximum Gasteiger partial charge on any atom is 0.287 e. The predicted molar refractivity (Wildman–Crippen MR) is 107 cm³/mol. The highest BCUT2D eigenvalue weighted by atomic mass is 127. The summed E-state index contributed by atoms with van der Waals surface area (Å²) in [5.74, 6) is 0.789. The molecule has 0 saturated heterocycles. The van der Waals surface area contributed by atoms with E-state index in [0.717, 1.165) is 5.69 Å². The van der Waals surface area contributed by atoms with Crippen LogP contribution in [0, 0.1) is 0 Å². The summed E-state index contributed by atoms with van der Waals surface area (Å²) in [7, 11) is 0. The Morgan fingerprint density at radius 2 is 2.08 bits per heavy atom. The monoisotopic (exact) mass is 442 g/mol. The van der Waals surface area contributed by atoms with Gasteiger partial charge in [0.25, 0.3) is 5.91 Å². The molecule has 0 spiro atoms. The smallest absolute Gasteiger partial charge is 0.287 e. The van der Waals surface area contributed by atoms with Crippen molar-refractivity contribution in [2.75, 3.05) is 18.4 Å². The average Bonchev–Trinajstić information content (AvgIpc) is 3.06. The number of anilines is 1. The maximum absolute atomic E-state index is 11.6. The molecule has 2 aromatic rings. The van der Waals surface area contributed by atoms with Gasteiger partial charge in [0.05, 0.1) is 12.8 Å². The van der Waals surface area contributed by atoms with E-state index in [0.29, 0.717) is 25.0 Å².